The number of furan rings is 1. The van der Waals surface area contributed by atoms with Gasteiger partial charge in [-0.3, -0.25) is 9.48 Å². The molecule has 3 aromatic rings. The van der Waals surface area contributed by atoms with Crippen molar-refractivity contribution in [1.82, 2.24) is 9.78 Å². The predicted octanol–water partition coefficient (Wildman–Crippen LogP) is 4.84. The van der Waals surface area contributed by atoms with Crippen LogP contribution in [0.4, 0.5) is 5.69 Å². The Bertz CT molecular complexity index is 936. The van der Waals surface area contributed by atoms with Gasteiger partial charge in [0, 0.05) is 12.7 Å². The van der Waals surface area contributed by atoms with E-state index in [0.717, 1.165) is 18.2 Å². The molecular formula is C22H25N3O3. The number of rotatable bonds is 8. The van der Waals surface area contributed by atoms with Gasteiger partial charge in [0.1, 0.15) is 18.1 Å². The van der Waals surface area contributed by atoms with Gasteiger partial charge in [-0.05, 0) is 54.5 Å². The highest BCUT2D eigenvalue weighted by molar-refractivity contribution is 6.02. The zero-order chi connectivity index (χ0) is 19.5. The maximum absolute atomic E-state index is 12.4. The van der Waals surface area contributed by atoms with Crippen LogP contribution < -0.4 is 10.1 Å². The Morgan fingerprint density at radius 1 is 1.25 bits per heavy atom. The van der Waals surface area contributed by atoms with E-state index in [-0.39, 0.29) is 18.3 Å². The highest BCUT2D eigenvalue weighted by atomic mass is 16.5. The predicted molar refractivity (Wildman–Crippen MR) is 106 cm³/mol. The smallest absolute Gasteiger partial charge is 0.291 e. The number of nitrogens with one attached hydrogen (secondary N) is 1. The van der Waals surface area contributed by atoms with E-state index < -0.39 is 0 Å². The number of hydrogen-bond acceptors (Lipinski definition) is 4. The molecule has 1 saturated carbocycles. The molecule has 1 aromatic carbocycles. The van der Waals surface area contributed by atoms with Gasteiger partial charge in [0.05, 0.1) is 11.9 Å². The van der Waals surface area contributed by atoms with Crippen molar-refractivity contribution in [3.63, 3.8) is 0 Å². The van der Waals surface area contributed by atoms with E-state index in [0.29, 0.717) is 17.4 Å². The molecule has 0 bridgehead atoms. The standard InChI is InChI=1S/C22H25N3O3/c1-15(2)17-5-7-19(8-6-17)27-14-20-9-10-21(28-20)22(26)24-18-11-23-25(13-18)12-16-3-4-16/h5-11,13,15-16H,3-4,12,14H2,1-2H3,(H,24,26). The van der Waals surface area contributed by atoms with Crippen molar-refractivity contribution in [2.75, 3.05) is 5.32 Å². The van der Waals surface area contributed by atoms with Crippen molar-refractivity contribution in [1.29, 1.82) is 0 Å². The number of benzene rings is 1. The maximum atomic E-state index is 12.4. The highest BCUT2D eigenvalue weighted by Gasteiger charge is 2.22. The quantitative estimate of drug-likeness (QED) is 0.608. The Morgan fingerprint density at radius 2 is 2.04 bits per heavy atom. The van der Waals surface area contributed by atoms with Gasteiger partial charge in [-0.1, -0.05) is 26.0 Å². The number of anilines is 1. The van der Waals surface area contributed by atoms with Crippen LogP contribution in [0.25, 0.3) is 0 Å². The molecule has 0 saturated heterocycles. The molecule has 2 aromatic heterocycles. The number of carbonyl (C=O) groups excluding carboxylic acids is 1. The summed E-state index contributed by atoms with van der Waals surface area (Å²) in [7, 11) is 0. The lowest BCUT2D eigenvalue weighted by Crippen LogP contribution is -2.10. The van der Waals surface area contributed by atoms with Crippen molar-refractivity contribution >= 4 is 11.6 Å². The first kappa shape index (κ1) is 18.3. The van der Waals surface area contributed by atoms with Crippen molar-refractivity contribution in [3.8, 4) is 5.75 Å². The fourth-order valence-corrected chi connectivity index (χ4v) is 2.97. The highest BCUT2D eigenvalue weighted by Crippen LogP contribution is 2.30. The monoisotopic (exact) mass is 379 g/mol. The third kappa shape index (κ3) is 4.63. The molecule has 1 amide bonds. The number of amides is 1. The van der Waals surface area contributed by atoms with E-state index in [4.69, 9.17) is 9.15 Å². The van der Waals surface area contributed by atoms with Crippen LogP contribution in [0.15, 0.2) is 53.2 Å². The Kier molecular flexibility index (Phi) is 5.19. The molecule has 0 spiro atoms. The van der Waals surface area contributed by atoms with Crippen molar-refractivity contribution in [3.05, 3.63) is 65.9 Å². The van der Waals surface area contributed by atoms with E-state index in [1.54, 1.807) is 18.3 Å². The van der Waals surface area contributed by atoms with Crippen molar-refractivity contribution < 1.29 is 13.9 Å². The van der Waals surface area contributed by atoms with Crippen LogP contribution in [0.1, 0.15) is 54.5 Å². The summed E-state index contributed by atoms with van der Waals surface area (Å²) in [6.45, 7) is 5.50. The molecule has 0 aliphatic heterocycles. The van der Waals surface area contributed by atoms with E-state index in [9.17, 15) is 4.79 Å². The Labute approximate surface area is 164 Å². The van der Waals surface area contributed by atoms with E-state index in [1.165, 1.54) is 18.4 Å². The molecule has 6 heteroatoms. The summed E-state index contributed by atoms with van der Waals surface area (Å²) in [6, 6.07) is 11.4. The van der Waals surface area contributed by atoms with Crippen LogP contribution in [-0.2, 0) is 13.2 Å². The van der Waals surface area contributed by atoms with Gasteiger partial charge in [-0.2, -0.15) is 5.10 Å². The molecule has 2 heterocycles. The lowest BCUT2D eigenvalue weighted by molar-refractivity contribution is 0.0992. The van der Waals surface area contributed by atoms with Crippen LogP contribution in [0.2, 0.25) is 0 Å². The second-order valence-electron chi connectivity index (χ2n) is 7.63. The summed E-state index contributed by atoms with van der Waals surface area (Å²) in [5.41, 5.74) is 1.94. The molecule has 146 valence electrons. The summed E-state index contributed by atoms with van der Waals surface area (Å²) >= 11 is 0. The zero-order valence-corrected chi connectivity index (χ0v) is 16.2. The van der Waals surface area contributed by atoms with Gasteiger partial charge in [0.25, 0.3) is 5.91 Å². The molecule has 1 aliphatic rings. The van der Waals surface area contributed by atoms with Gasteiger partial charge in [0.15, 0.2) is 5.76 Å². The van der Waals surface area contributed by atoms with Crippen LogP contribution in [0.3, 0.4) is 0 Å². The molecule has 1 fully saturated rings. The first-order valence-corrected chi connectivity index (χ1v) is 9.72. The second-order valence-corrected chi connectivity index (χ2v) is 7.63. The average molecular weight is 379 g/mol. The third-order valence-electron chi connectivity index (χ3n) is 4.85. The summed E-state index contributed by atoms with van der Waals surface area (Å²) in [5.74, 6) is 2.55. The molecule has 0 radical (unpaired) electrons. The molecule has 0 unspecified atom stereocenters. The number of aromatic nitrogens is 2. The van der Waals surface area contributed by atoms with Crippen LogP contribution in [-0.4, -0.2) is 15.7 Å². The minimum absolute atomic E-state index is 0.253. The van der Waals surface area contributed by atoms with E-state index in [1.807, 2.05) is 23.0 Å². The minimum Gasteiger partial charge on any atom is -0.486 e. The molecular weight excluding hydrogens is 354 g/mol. The summed E-state index contributed by atoms with van der Waals surface area (Å²) in [6.07, 6.45) is 6.04. The third-order valence-corrected chi connectivity index (χ3v) is 4.85. The summed E-state index contributed by atoms with van der Waals surface area (Å²) in [4.78, 5) is 12.4. The average Bonchev–Trinajstić information content (AvgIpc) is 3.18. The molecule has 6 nitrogen and oxygen atoms in total. The number of carbonyl (C=O) groups is 1. The van der Waals surface area contributed by atoms with Gasteiger partial charge in [-0.25, -0.2) is 0 Å². The summed E-state index contributed by atoms with van der Waals surface area (Å²) < 4.78 is 13.2. The molecule has 4 rings (SSSR count). The van der Waals surface area contributed by atoms with Gasteiger partial charge < -0.3 is 14.5 Å². The van der Waals surface area contributed by atoms with E-state index in [2.05, 4.69) is 36.4 Å². The van der Waals surface area contributed by atoms with Crippen molar-refractivity contribution in [2.24, 2.45) is 5.92 Å². The molecule has 1 aliphatic carbocycles. The maximum Gasteiger partial charge on any atom is 0.291 e. The van der Waals surface area contributed by atoms with Gasteiger partial charge >= 0.3 is 0 Å². The lowest BCUT2D eigenvalue weighted by Gasteiger charge is -2.08. The summed E-state index contributed by atoms with van der Waals surface area (Å²) in [5, 5.41) is 7.10. The first-order valence-electron chi connectivity index (χ1n) is 9.72. The Balaban J connectivity index is 1.30. The topological polar surface area (TPSA) is 69.3 Å². The Morgan fingerprint density at radius 3 is 2.75 bits per heavy atom. The largest absolute Gasteiger partial charge is 0.486 e. The first-order chi connectivity index (χ1) is 13.6. The Hall–Kier alpha value is -3.02. The normalized spacial score (nSPS) is 13.7. The van der Waals surface area contributed by atoms with Crippen LogP contribution in [0.5, 0.6) is 5.75 Å². The zero-order valence-electron chi connectivity index (χ0n) is 16.2. The number of ether oxygens (including phenoxy) is 1. The fraction of sp³-hybridized carbons (Fsp3) is 0.364. The molecule has 0 atom stereocenters. The molecule has 1 N–H and O–H groups in total. The number of nitrogens with zero attached hydrogens (tertiary/aromatic N) is 2. The molecule has 28 heavy (non-hydrogen) atoms. The van der Waals surface area contributed by atoms with Crippen LogP contribution in [0, 0.1) is 5.92 Å². The second kappa shape index (κ2) is 7.92. The lowest BCUT2D eigenvalue weighted by atomic mass is 10.0. The minimum atomic E-state index is -0.293. The van der Waals surface area contributed by atoms with Gasteiger partial charge in [-0.15, -0.1) is 0 Å². The van der Waals surface area contributed by atoms with Crippen molar-refractivity contribution in [2.45, 2.75) is 45.8 Å². The van der Waals surface area contributed by atoms with E-state index >= 15 is 0 Å². The fourth-order valence-electron chi connectivity index (χ4n) is 2.97. The van der Waals surface area contributed by atoms with Crippen LogP contribution >= 0.6 is 0 Å². The van der Waals surface area contributed by atoms with Gasteiger partial charge in [0.2, 0.25) is 0 Å². The number of hydrogen-bond donors (Lipinski definition) is 1. The SMILES string of the molecule is CC(C)c1ccc(OCc2ccc(C(=O)Nc3cnn(CC4CC4)c3)o2)cc1.